The van der Waals surface area contributed by atoms with E-state index in [0.29, 0.717) is 6.42 Å². The van der Waals surface area contributed by atoms with Crippen LogP contribution < -0.4 is 15.6 Å². The van der Waals surface area contributed by atoms with Gasteiger partial charge in [0.15, 0.2) is 0 Å². The molecule has 7 heteroatoms. The van der Waals surface area contributed by atoms with Gasteiger partial charge in [0.25, 0.3) is 10.2 Å². The lowest BCUT2D eigenvalue weighted by atomic mass is 10.0. The molecule has 5 nitrogen and oxygen atoms in total. The van der Waals surface area contributed by atoms with Crippen LogP contribution in [0, 0.1) is 0 Å². The number of nitrogens with two attached hydrogens (primary N) is 2. The van der Waals surface area contributed by atoms with E-state index >= 15 is 0 Å². The highest BCUT2D eigenvalue weighted by Crippen LogP contribution is 2.09. The van der Waals surface area contributed by atoms with Crippen molar-refractivity contribution in [3.63, 3.8) is 0 Å². The Morgan fingerprint density at radius 2 is 2.08 bits per heavy atom. The number of rotatable bonds is 4. The second-order valence-corrected chi connectivity index (χ2v) is 4.43. The second kappa shape index (κ2) is 3.65. The van der Waals surface area contributed by atoms with E-state index in [2.05, 4.69) is 4.72 Å². The van der Waals surface area contributed by atoms with Crippen LogP contribution in [-0.4, -0.2) is 18.9 Å². The molecule has 0 aromatic carbocycles. The van der Waals surface area contributed by atoms with Crippen LogP contribution in [0.1, 0.15) is 20.3 Å². The summed E-state index contributed by atoms with van der Waals surface area (Å²) < 4.78 is 23.5. The summed E-state index contributed by atoms with van der Waals surface area (Å²) in [6, 6.07) is 0. The first-order valence-corrected chi connectivity index (χ1v) is 5.28. The minimum absolute atomic E-state index is 0.0824. The van der Waals surface area contributed by atoms with Gasteiger partial charge >= 0.3 is 0 Å². The molecular weight excluding hydrogens is 198 g/mol. The third kappa shape index (κ3) is 3.44. The highest BCUT2D eigenvalue weighted by atomic mass is 32.2. The molecule has 1 atom stereocenters. The van der Waals surface area contributed by atoms with E-state index < -0.39 is 15.7 Å². The van der Waals surface area contributed by atoms with Crippen molar-refractivity contribution in [1.82, 2.24) is 4.72 Å². The van der Waals surface area contributed by atoms with Crippen molar-refractivity contribution in [2.24, 2.45) is 10.9 Å². The van der Waals surface area contributed by atoms with E-state index in [1.165, 1.54) is 0 Å². The maximum Gasteiger partial charge on any atom is 0.275 e. The third-order valence-corrected chi connectivity index (χ3v) is 2.80. The standard InChI is InChI=1S/C5H13N3O2S2/c1-3-5(2,4(6)11)8-12(7,9)10/h8H,3H2,1-2H3,(H2,6,11)(H2,7,9,10). The molecule has 5 N–H and O–H groups in total. The van der Waals surface area contributed by atoms with Gasteiger partial charge in [-0.25, -0.2) is 5.14 Å². The summed E-state index contributed by atoms with van der Waals surface area (Å²) >= 11 is 4.69. The Kier molecular flexibility index (Phi) is 3.58. The van der Waals surface area contributed by atoms with Crippen LogP contribution in [-0.2, 0) is 10.2 Å². The van der Waals surface area contributed by atoms with Gasteiger partial charge in [-0.3, -0.25) is 0 Å². The summed E-state index contributed by atoms with van der Waals surface area (Å²) in [4.78, 5) is 0.0824. The first kappa shape index (κ1) is 11.8. The third-order valence-electron chi connectivity index (χ3n) is 1.62. The lowest BCUT2D eigenvalue weighted by Crippen LogP contribution is -2.55. The largest absolute Gasteiger partial charge is 0.392 e. The smallest absolute Gasteiger partial charge is 0.275 e. The molecule has 0 aliphatic carbocycles. The lowest BCUT2D eigenvalue weighted by Gasteiger charge is -2.26. The second-order valence-electron chi connectivity index (χ2n) is 2.70. The van der Waals surface area contributed by atoms with E-state index in [0.717, 1.165) is 0 Å². The average molecular weight is 211 g/mol. The fourth-order valence-corrected chi connectivity index (χ4v) is 1.75. The lowest BCUT2D eigenvalue weighted by molar-refractivity contribution is 0.512. The van der Waals surface area contributed by atoms with Gasteiger partial charge in [-0.05, 0) is 13.3 Å². The molecule has 0 fully saturated rings. The van der Waals surface area contributed by atoms with E-state index in [1.54, 1.807) is 13.8 Å². The minimum atomic E-state index is -3.76. The van der Waals surface area contributed by atoms with Crippen molar-refractivity contribution in [2.75, 3.05) is 0 Å². The zero-order valence-corrected chi connectivity index (χ0v) is 8.63. The van der Waals surface area contributed by atoms with Gasteiger partial charge in [0.05, 0.1) is 10.5 Å². The first-order chi connectivity index (χ1) is 5.21. The Morgan fingerprint density at radius 1 is 1.67 bits per heavy atom. The normalized spacial score (nSPS) is 16.9. The number of nitrogens with one attached hydrogen (secondary N) is 1. The number of hydrogen-bond acceptors (Lipinski definition) is 3. The Labute approximate surface area is 77.7 Å². The molecule has 12 heavy (non-hydrogen) atoms. The van der Waals surface area contributed by atoms with E-state index in [-0.39, 0.29) is 4.99 Å². The summed E-state index contributed by atoms with van der Waals surface area (Å²) in [5.74, 6) is 0. The maximum atomic E-state index is 10.7. The average Bonchev–Trinajstić information content (AvgIpc) is 1.83. The van der Waals surface area contributed by atoms with Gasteiger partial charge in [0.2, 0.25) is 0 Å². The summed E-state index contributed by atoms with van der Waals surface area (Å²) in [7, 11) is -3.76. The maximum absolute atomic E-state index is 10.7. The van der Waals surface area contributed by atoms with Gasteiger partial charge in [0.1, 0.15) is 0 Å². The van der Waals surface area contributed by atoms with Crippen LogP contribution in [0.3, 0.4) is 0 Å². The topological polar surface area (TPSA) is 98.2 Å². The molecule has 0 heterocycles. The molecule has 0 aromatic heterocycles. The van der Waals surface area contributed by atoms with Gasteiger partial charge in [-0.15, -0.1) is 0 Å². The molecule has 0 saturated heterocycles. The van der Waals surface area contributed by atoms with Crippen LogP contribution in [0.4, 0.5) is 0 Å². The van der Waals surface area contributed by atoms with Crippen molar-refractivity contribution in [3.8, 4) is 0 Å². The minimum Gasteiger partial charge on any atom is -0.392 e. The SMILES string of the molecule is CCC(C)(NS(N)(=O)=O)C(N)=S. The molecule has 1 unspecified atom stereocenters. The van der Waals surface area contributed by atoms with Crippen molar-refractivity contribution >= 4 is 27.4 Å². The number of hydrogen-bond donors (Lipinski definition) is 3. The predicted molar refractivity (Wildman–Crippen MR) is 51.7 cm³/mol. The van der Waals surface area contributed by atoms with Gasteiger partial charge in [0, 0.05) is 0 Å². The summed E-state index contributed by atoms with van der Waals surface area (Å²) in [5.41, 5.74) is 4.41. The summed E-state index contributed by atoms with van der Waals surface area (Å²) in [5, 5.41) is 4.78. The highest BCUT2D eigenvalue weighted by Gasteiger charge is 2.29. The van der Waals surface area contributed by atoms with Crippen molar-refractivity contribution in [2.45, 2.75) is 25.8 Å². The molecule has 0 spiro atoms. The van der Waals surface area contributed by atoms with Gasteiger partial charge in [-0.1, -0.05) is 19.1 Å². The van der Waals surface area contributed by atoms with Crippen LogP contribution >= 0.6 is 12.2 Å². The molecule has 0 aromatic rings. The Bertz CT molecular complexity index is 274. The van der Waals surface area contributed by atoms with Crippen LogP contribution in [0.2, 0.25) is 0 Å². The molecular formula is C5H13N3O2S2. The molecule has 0 amide bonds. The van der Waals surface area contributed by atoms with E-state index in [1.807, 2.05) is 0 Å². The number of thiocarbonyl (C=S) groups is 1. The van der Waals surface area contributed by atoms with Crippen LogP contribution in [0.5, 0.6) is 0 Å². The Hall–Kier alpha value is -0.240. The zero-order chi connectivity index (χ0) is 9.99. The molecule has 0 aliphatic heterocycles. The molecule has 0 saturated carbocycles. The van der Waals surface area contributed by atoms with E-state index in [4.69, 9.17) is 23.1 Å². The molecule has 0 aliphatic rings. The Balaban J connectivity index is 4.69. The summed E-state index contributed by atoms with van der Waals surface area (Å²) in [6.45, 7) is 3.34. The predicted octanol–water partition coefficient (Wildman–Crippen LogP) is -0.766. The zero-order valence-electron chi connectivity index (χ0n) is 6.99. The molecule has 0 radical (unpaired) electrons. The summed E-state index contributed by atoms with van der Waals surface area (Å²) in [6.07, 6.45) is 0.457. The van der Waals surface area contributed by atoms with Crippen molar-refractivity contribution in [1.29, 1.82) is 0 Å². The first-order valence-electron chi connectivity index (χ1n) is 3.33. The quantitative estimate of drug-likeness (QED) is 0.532. The van der Waals surface area contributed by atoms with Crippen LogP contribution in [0.15, 0.2) is 0 Å². The fourth-order valence-electron chi connectivity index (χ4n) is 0.611. The Morgan fingerprint density at radius 3 is 2.17 bits per heavy atom. The fraction of sp³-hybridized carbons (Fsp3) is 0.800. The van der Waals surface area contributed by atoms with Crippen molar-refractivity contribution in [3.05, 3.63) is 0 Å². The van der Waals surface area contributed by atoms with Gasteiger partial charge in [-0.2, -0.15) is 13.1 Å². The monoisotopic (exact) mass is 211 g/mol. The van der Waals surface area contributed by atoms with Crippen LogP contribution in [0.25, 0.3) is 0 Å². The molecule has 0 rings (SSSR count). The van der Waals surface area contributed by atoms with E-state index in [9.17, 15) is 8.42 Å². The highest BCUT2D eigenvalue weighted by molar-refractivity contribution is 7.87. The molecule has 72 valence electrons. The molecule has 0 bridgehead atoms. The van der Waals surface area contributed by atoms with Gasteiger partial charge < -0.3 is 5.73 Å². The van der Waals surface area contributed by atoms with Crippen molar-refractivity contribution < 1.29 is 8.42 Å².